The molecule has 104 valence electrons. The van der Waals surface area contributed by atoms with Crippen molar-refractivity contribution < 1.29 is 19.7 Å². The van der Waals surface area contributed by atoms with Gasteiger partial charge in [-0.3, -0.25) is 4.79 Å². The minimum Gasteiger partial charge on any atom is -0.461 e. The molecule has 0 aromatic rings. The van der Waals surface area contributed by atoms with Crippen LogP contribution in [0.25, 0.3) is 0 Å². The summed E-state index contributed by atoms with van der Waals surface area (Å²) < 4.78 is 5.07. The minimum atomic E-state index is -1.28. The number of aliphatic hydroxyl groups excluding tert-OH is 1. The van der Waals surface area contributed by atoms with Crippen LogP contribution in [0.2, 0.25) is 0 Å². The van der Waals surface area contributed by atoms with Gasteiger partial charge in [0.25, 0.3) is 0 Å². The summed E-state index contributed by atoms with van der Waals surface area (Å²) in [5.74, 6) is -0.952. The highest BCUT2D eigenvalue weighted by Gasteiger charge is 2.39. The Bertz CT molecular complexity index is 333. The lowest BCUT2D eigenvalue weighted by Gasteiger charge is -2.34. The summed E-state index contributed by atoms with van der Waals surface area (Å²) in [6.07, 6.45) is 2.06. The molecule has 0 bridgehead atoms. The zero-order chi connectivity index (χ0) is 13.9. The van der Waals surface area contributed by atoms with Crippen molar-refractivity contribution in [2.24, 2.45) is 11.8 Å². The Morgan fingerprint density at radius 2 is 2.06 bits per heavy atom. The summed E-state index contributed by atoms with van der Waals surface area (Å²) in [7, 11) is 0. The van der Waals surface area contributed by atoms with E-state index < -0.39 is 23.6 Å². The Labute approximate surface area is 109 Å². The van der Waals surface area contributed by atoms with Gasteiger partial charge in [0.1, 0.15) is 6.61 Å². The van der Waals surface area contributed by atoms with Gasteiger partial charge in [0.05, 0.1) is 17.6 Å². The van der Waals surface area contributed by atoms with Gasteiger partial charge in [0, 0.05) is 0 Å². The maximum absolute atomic E-state index is 11.7. The maximum atomic E-state index is 11.7. The Morgan fingerprint density at radius 1 is 1.44 bits per heavy atom. The summed E-state index contributed by atoms with van der Waals surface area (Å²) in [6.45, 7) is 7.41. The fourth-order valence-corrected chi connectivity index (χ4v) is 2.60. The van der Waals surface area contributed by atoms with Crippen LogP contribution >= 0.6 is 0 Å². The highest BCUT2D eigenvalue weighted by atomic mass is 16.5. The van der Waals surface area contributed by atoms with E-state index in [-0.39, 0.29) is 12.5 Å². The number of aliphatic hydroxyl groups is 2. The zero-order valence-corrected chi connectivity index (χ0v) is 11.6. The van der Waals surface area contributed by atoms with Crippen molar-refractivity contribution >= 4 is 5.97 Å². The van der Waals surface area contributed by atoms with Crippen molar-refractivity contribution in [1.82, 2.24) is 0 Å². The van der Waals surface area contributed by atoms with Gasteiger partial charge >= 0.3 is 5.97 Å². The van der Waals surface area contributed by atoms with Gasteiger partial charge in [-0.15, -0.1) is 0 Å². The maximum Gasteiger partial charge on any atom is 0.311 e. The van der Waals surface area contributed by atoms with E-state index in [0.29, 0.717) is 6.42 Å². The molecule has 0 saturated carbocycles. The fourth-order valence-electron chi connectivity index (χ4n) is 2.60. The first-order valence-electron chi connectivity index (χ1n) is 6.46. The van der Waals surface area contributed by atoms with E-state index >= 15 is 0 Å². The molecular weight excluding hydrogens is 232 g/mol. The highest BCUT2D eigenvalue weighted by molar-refractivity contribution is 5.73. The predicted molar refractivity (Wildman–Crippen MR) is 68.9 cm³/mol. The van der Waals surface area contributed by atoms with Gasteiger partial charge in [-0.05, 0) is 45.6 Å². The Hall–Kier alpha value is -0.870. The normalized spacial score (nSPS) is 39.6. The molecular formula is C14H24O4. The van der Waals surface area contributed by atoms with Crippen molar-refractivity contribution in [3.8, 4) is 0 Å². The van der Waals surface area contributed by atoms with Crippen LogP contribution in [0.4, 0.5) is 0 Å². The summed E-state index contributed by atoms with van der Waals surface area (Å²) in [6, 6.07) is 0. The van der Waals surface area contributed by atoms with E-state index in [1.807, 2.05) is 19.9 Å². The van der Waals surface area contributed by atoms with Gasteiger partial charge < -0.3 is 14.9 Å². The van der Waals surface area contributed by atoms with Gasteiger partial charge in [0.2, 0.25) is 0 Å². The first-order chi connectivity index (χ1) is 8.24. The second-order valence-corrected chi connectivity index (χ2v) is 5.78. The van der Waals surface area contributed by atoms with Crippen molar-refractivity contribution in [1.29, 1.82) is 0 Å². The van der Waals surface area contributed by atoms with Crippen LogP contribution < -0.4 is 0 Å². The van der Waals surface area contributed by atoms with Crippen molar-refractivity contribution in [3.05, 3.63) is 11.6 Å². The monoisotopic (exact) mass is 256 g/mol. The number of carbonyl (C=O) groups is 1. The molecule has 1 heterocycles. The Kier molecular flexibility index (Phi) is 4.93. The predicted octanol–water partition coefficient (Wildman–Crippen LogP) is 1.65. The Morgan fingerprint density at radius 3 is 2.67 bits per heavy atom. The third kappa shape index (κ3) is 3.82. The molecule has 4 atom stereocenters. The number of ether oxygens (including phenoxy) is 1. The quantitative estimate of drug-likeness (QED) is 0.511. The first-order valence-corrected chi connectivity index (χ1v) is 6.46. The summed E-state index contributed by atoms with van der Waals surface area (Å²) in [4.78, 5) is 11.7. The molecule has 4 heteroatoms. The standard InChI is InChI=1S/C14H24O4/c1-9-5-6-18-13(16)11(3)12(15)14(4,17)8-10(2)7-9/h5,10-12,15,17H,6-8H2,1-4H3/t10-,11+,12+,14+/m0/s1. The number of esters is 1. The molecule has 0 aliphatic carbocycles. The number of hydrogen-bond donors (Lipinski definition) is 2. The lowest BCUT2D eigenvalue weighted by atomic mass is 9.81. The van der Waals surface area contributed by atoms with Crippen LogP contribution in [0, 0.1) is 11.8 Å². The second-order valence-electron chi connectivity index (χ2n) is 5.78. The highest BCUT2D eigenvalue weighted by Crippen LogP contribution is 2.29. The zero-order valence-electron chi connectivity index (χ0n) is 11.6. The van der Waals surface area contributed by atoms with E-state index in [2.05, 4.69) is 0 Å². The third-order valence-corrected chi connectivity index (χ3v) is 3.57. The van der Waals surface area contributed by atoms with Crippen LogP contribution in [0.1, 0.15) is 40.5 Å². The number of rotatable bonds is 0. The number of cyclic esters (lactones) is 1. The summed E-state index contributed by atoms with van der Waals surface area (Å²) in [5.41, 5.74) is -0.141. The topological polar surface area (TPSA) is 66.8 Å². The van der Waals surface area contributed by atoms with E-state index in [9.17, 15) is 15.0 Å². The first kappa shape index (κ1) is 15.2. The average Bonchev–Trinajstić information content (AvgIpc) is 2.25. The number of carbonyl (C=O) groups excluding carboxylic acids is 1. The van der Waals surface area contributed by atoms with Gasteiger partial charge in [-0.2, -0.15) is 0 Å². The SMILES string of the molecule is CC1=CCOC(=O)[C@H](C)[C@@H](O)[C@](C)(O)C[C@@H](C)C1. The molecule has 0 aromatic heterocycles. The van der Waals surface area contributed by atoms with Crippen molar-refractivity contribution in [2.45, 2.75) is 52.2 Å². The van der Waals surface area contributed by atoms with Crippen LogP contribution in [0.15, 0.2) is 11.6 Å². The van der Waals surface area contributed by atoms with E-state index in [1.165, 1.54) is 0 Å². The smallest absolute Gasteiger partial charge is 0.311 e. The molecule has 2 N–H and O–H groups in total. The van der Waals surface area contributed by atoms with Crippen LogP contribution in [-0.2, 0) is 9.53 Å². The third-order valence-electron chi connectivity index (χ3n) is 3.57. The molecule has 0 aromatic carbocycles. The molecule has 1 rings (SSSR count). The fraction of sp³-hybridized carbons (Fsp3) is 0.786. The van der Waals surface area contributed by atoms with Crippen molar-refractivity contribution in [3.63, 3.8) is 0 Å². The van der Waals surface area contributed by atoms with Gasteiger partial charge in [-0.1, -0.05) is 12.5 Å². The molecule has 4 nitrogen and oxygen atoms in total. The van der Waals surface area contributed by atoms with Crippen LogP contribution in [0.3, 0.4) is 0 Å². The lowest BCUT2D eigenvalue weighted by molar-refractivity contribution is -0.160. The minimum absolute atomic E-state index is 0.233. The molecule has 1 aliphatic heterocycles. The summed E-state index contributed by atoms with van der Waals surface area (Å²) in [5, 5.41) is 20.4. The number of hydrogen-bond acceptors (Lipinski definition) is 4. The van der Waals surface area contributed by atoms with Crippen LogP contribution in [-0.4, -0.2) is 34.5 Å². The molecule has 0 saturated heterocycles. The van der Waals surface area contributed by atoms with Crippen LogP contribution in [0.5, 0.6) is 0 Å². The summed E-state index contributed by atoms with van der Waals surface area (Å²) >= 11 is 0. The molecule has 0 fully saturated rings. The average molecular weight is 256 g/mol. The number of allylic oxidation sites excluding steroid dienone is 1. The second kappa shape index (κ2) is 5.85. The largest absolute Gasteiger partial charge is 0.461 e. The molecule has 0 unspecified atom stereocenters. The van der Waals surface area contributed by atoms with Gasteiger partial charge in [0.15, 0.2) is 0 Å². The van der Waals surface area contributed by atoms with E-state index in [4.69, 9.17) is 4.74 Å². The molecule has 18 heavy (non-hydrogen) atoms. The Balaban J connectivity index is 2.94. The molecule has 0 amide bonds. The van der Waals surface area contributed by atoms with Gasteiger partial charge in [-0.25, -0.2) is 0 Å². The lowest BCUT2D eigenvalue weighted by Crippen LogP contribution is -2.47. The molecule has 1 aliphatic rings. The van der Waals surface area contributed by atoms with Crippen molar-refractivity contribution in [2.75, 3.05) is 6.61 Å². The van der Waals surface area contributed by atoms with E-state index in [1.54, 1.807) is 13.8 Å². The van der Waals surface area contributed by atoms with E-state index in [0.717, 1.165) is 12.0 Å². The molecule has 0 spiro atoms. The molecule has 0 radical (unpaired) electrons.